The summed E-state index contributed by atoms with van der Waals surface area (Å²) in [5.74, 6) is -1.29. The molecular weight excluding hydrogens is 373 g/mol. The number of nitrogens with zero attached hydrogens (tertiary/aromatic N) is 3. The summed E-state index contributed by atoms with van der Waals surface area (Å²) in [6.07, 6.45) is -0.0703. The Bertz CT molecular complexity index is 866. The highest BCUT2D eigenvalue weighted by molar-refractivity contribution is 5.61. The van der Waals surface area contributed by atoms with Crippen LogP contribution in [-0.4, -0.2) is 62.3 Å². The maximum absolute atomic E-state index is 14.1. The Morgan fingerprint density at radius 1 is 0.931 bits per heavy atom. The molecule has 1 N–H and O–H groups in total. The maximum Gasteiger partial charge on any atom is 0.243 e. The van der Waals surface area contributed by atoms with Gasteiger partial charge in [0.15, 0.2) is 6.23 Å². The Kier molecular flexibility index (Phi) is 4.91. The molecule has 0 bridgehead atoms. The van der Waals surface area contributed by atoms with Gasteiger partial charge in [-0.3, -0.25) is 4.90 Å². The van der Waals surface area contributed by atoms with Gasteiger partial charge < -0.3 is 24.4 Å². The molecule has 5 rings (SSSR count). The summed E-state index contributed by atoms with van der Waals surface area (Å²) in [6.45, 7) is 4.76. The van der Waals surface area contributed by atoms with Crippen molar-refractivity contribution in [1.29, 1.82) is 0 Å². The van der Waals surface area contributed by atoms with Crippen LogP contribution in [0.5, 0.6) is 0 Å². The van der Waals surface area contributed by atoms with Gasteiger partial charge in [-0.15, -0.1) is 0 Å². The van der Waals surface area contributed by atoms with Crippen LogP contribution in [0.25, 0.3) is 0 Å². The van der Waals surface area contributed by atoms with Crippen LogP contribution < -0.4 is 9.80 Å². The third-order valence-corrected chi connectivity index (χ3v) is 6.06. The normalized spacial score (nSPS) is 24.1. The van der Waals surface area contributed by atoms with Crippen molar-refractivity contribution in [3.8, 4) is 0 Å². The van der Waals surface area contributed by atoms with Crippen molar-refractivity contribution >= 4 is 11.4 Å². The van der Waals surface area contributed by atoms with Crippen molar-refractivity contribution in [1.82, 2.24) is 4.90 Å². The molecule has 29 heavy (non-hydrogen) atoms. The van der Waals surface area contributed by atoms with E-state index in [1.165, 1.54) is 6.07 Å². The summed E-state index contributed by atoms with van der Waals surface area (Å²) in [5, 5.41) is 11.2. The van der Waals surface area contributed by atoms with Gasteiger partial charge in [0.05, 0.1) is 25.6 Å². The molecule has 2 fully saturated rings. The van der Waals surface area contributed by atoms with Gasteiger partial charge in [-0.05, 0) is 24.6 Å². The SMILES string of the molecule is OC1N(CN2CCN(c3ccccc3F)CC2)c2ccccc2C12OCCCO2. The van der Waals surface area contributed by atoms with Crippen LogP contribution in [0.2, 0.25) is 0 Å². The molecule has 1 spiro atoms. The highest BCUT2D eigenvalue weighted by Crippen LogP contribution is 2.47. The molecule has 3 heterocycles. The maximum atomic E-state index is 14.1. The minimum atomic E-state index is -1.11. The number of benzene rings is 2. The van der Waals surface area contributed by atoms with E-state index in [9.17, 15) is 9.50 Å². The number of rotatable bonds is 3. The van der Waals surface area contributed by atoms with E-state index in [2.05, 4.69) is 9.80 Å². The van der Waals surface area contributed by atoms with Gasteiger partial charge in [0.25, 0.3) is 0 Å². The summed E-state index contributed by atoms with van der Waals surface area (Å²) in [7, 11) is 0. The summed E-state index contributed by atoms with van der Waals surface area (Å²) >= 11 is 0. The first-order valence-corrected chi connectivity index (χ1v) is 10.2. The molecule has 1 unspecified atom stereocenters. The first kappa shape index (κ1) is 18.8. The second kappa shape index (κ2) is 7.57. The Morgan fingerprint density at radius 3 is 2.31 bits per heavy atom. The van der Waals surface area contributed by atoms with E-state index in [1.807, 2.05) is 41.3 Å². The predicted molar refractivity (Wildman–Crippen MR) is 108 cm³/mol. The summed E-state index contributed by atoms with van der Waals surface area (Å²) in [5.41, 5.74) is 2.48. The molecule has 7 heteroatoms. The molecule has 3 aliphatic rings. The van der Waals surface area contributed by atoms with Crippen LogP contribution in [0.4, 0.5) is 15.8 Å². The van der Waals surface area contributed by atoms with Gasteiger partial charge in [0, 0.05) is 37.4 Å². The molecule has 0 aliphatic carbocycles. The molecule has 0 amide bonds. The number of fused-ring (bicyclic) bond motifs is 2. The standard InChI is InChI=1S/C22H26FN3O3/c23-18-7-2-4-9-20(18)25-12-10-24(11-13-25)16-26-19-8-3-1-6-17(19)22(21(26)27)28-14-5-15-29-22/h1-4,6-9,21,27H,5,10-16H2. The number of hydrogen-bond acceptors (Lipinski definition) is 6. The number of ether oxygens (including phenoxy) is 2. The molecule has 3 aliphatic heterocycles. The molecule has 0 radical (unpaired) electrons. The van der Waals surface area contributed by atoms with E-state index in [0.29, 0.717) is 25.6 Å². The van der Waals surface area contributed by atoms with Gasteiger partial charge >= 0.3 is 0 Å². The zero-order chi connectivity index (χ0) is 19.8. The molecular formula is C22H26FN3O3. The van der Waals surface area contributed by atoms with Crippen molar-refractivity contribution in [3.63, 3.8) is 0 Å². The molecule has 2 aromatic rings. The number of hydrogen-bond donors (Lipinski definition) is 1. The smallest absolute Gasteiger partial charge is 0.243 e. The largest absolute Gasteiger partial charge is 0.368 e. The first-order valence-electron chi connectivity index (χ1n) is 10.2. The molecule has 6 nitrogen and oxygen atoms in total. The van der Waals surface area contributed by atoms with E-state index < -0.39 is 12.0 Å². The highest BCUT2D eigenvalue weighted by Gasteiger charge is 2.54. The van der Waals surface area contributed by atoms with Crippen molar-refractivity contribution in [2.75, 3.05) is 55.9 Å². The van der Waals surface area contributed by atoms with Crippen LogP contribution in [0.15, 0.2) is 48.5 Å². The van der Waals surface area contributed by atoms with E-state index >= 15 is 0 Å². The molecule has 2 aromatic carbocycles. The van der Waals surface area contributed by atoms with Crippen molar-refractivity contribution in [3.05, 3.63) is 59.9 Å². The quantitative estimate of drug-likeness (QED) is 0.855. The average Bonchev–Trinajstić information content (AvgIpc) is 2.98. The fraction of sp³-hybridized carbons (Fsp3) is 0.455. The molecule has 0 aromatic heterocycles. The molecule has 1 atom stereocenters. The number of anilines is 2. The Morgan fingerprint density at radius 2 is 1.59 bits per heavy atom. The zero-order valence-electron chi connectivity index (χ0n) is 16.3. The average molecular weight is 399 g/mol. The fourth-order valence-electron chi connectivity index (χ4n) is 4.55. The van der Waals surface area contributed by atoms with Crippen LogP contribution in [0.1, 0.15) is 12.0 Å². The van der Waals surface area contributed by atoms with Crippen molar-refractivity contribution in [2.24, 2.45) is 0 Å². The van der Waals surface area contributed by atoms with Gasteiger partial charge in [0.2, 0.25) is 5.79 Å². The second-order valence-electron chi connectivity index (χ2n) is 7.78. The molecule has 2 saturated heterocycles. The topological polar surface area (TPSA) is 48.4 Å². The van der Waals surface area contributed by atoms with Crippen LogP contribution >= 0.6 is 0 Å². The van der Waals surface area contributed by atoms with Gasteiger partial charge in [-0.25, -0.2) is 4.39 Å². The Balaban J connectivity index is 1.31. The number of piperazine rings is 1. The predicted octanol–water partition coefficient (Wildman–Crippen LogP) is 2.33. The Hall–Kier alpha value is -2.19. The van der Waals surface area contributed by atoms with Gasteiger partial charge in [0.1, 0.15) is 5.82 Å². The minimum Gasteiger partial charge on any atom is -0.368 e. The van der Waals surface area contributed by atoms with E-state index in [4.69, 9.17) is 9.47 Å². The monoisotopic (exact) mass is 399 g/mol. The lowest BCUT2D eigenvalue weighted by Gasteiger charge is -2.41. The van der Waals surface area contributed by atoms with Crippen LogP contribution in [-0.2, 0) is 15.3 Å². The number of aliphatic hydroxyl groups excluding tert-OH is 1. The van der Waals surface area contributed by atoms with Gasteiger partial charge in [-0.2, -0.15) is 0 Å². The van der Waals surface area contributed by atoms with Crippen molar-refractivity contribution < 1.29 is 19.0 Å². The summed E-state index contributed by atoms with van der Waals surface area (Å²) in [4.78, 5) is 6.31. The minimum absolute atomic E-state index is 0.182. The van der Waals surface area contributed by atoms with E-state index in [1.54, 1.807) is 6.07 Å². The molecule has 0 saturated carbocycles. The first-order chi connectivity index (χ1) is 14.2. The highest BCUT2D eigenvalue weighted by atomic mass is 19.1. The number of para-hydroxylation sites is 2. The third-order valence-electron chi connectivity index (χ3n) is 6.06. The van der Waals surface area contributed by atoms with Crippen molar-refractivity contribution in [2.45, 2.75) is 18.4 Å². The lowest BCUT2D eigenvalue weighted by molar-refractivity contribution is -0.311. The Labute approximate surface area is 170 Å². The number of aliphatic hydroxyl groups is 1. The van der Waals surface area contributed by atoms with Crippen LogP contribution in [0, 0.1) is 5.82 Å². The summed E-state index contributed by atoms with van der Waals surface area (Å²) < 4.78 is 26.1. The van der Waals surface area contributed by atoms with E-state index in [0.717, 1.165) is 43.9 Å². The lowest BCUT2D eigenvalue weighted by Crippen LogP contribution is -2.55. The van der Waals surface area contributed by atoms with E-state index in [-0.39, 0.29) is 5.82 Å². The third kappa shape index (κ3) is 3.18. The molecule has 154 valence electrons. The summed E-state index contributed by atoms with van der Waals surface area (Å²) in [6, 6.07) is 14.8. The van der Waals surface area contributed by atoms with Gasteiger partial charge in [-0.1, -0.05) is 30.3 Å². The zero-order valence-corrected chi connectivity index (χ0v) is 16.3. The fourth-order valence-corrected chi connectivity index (χ4v) is 4.55. The second-order valence-corrected chi connectivity index (χ2v) is 7.78. The lowest BCUT2D eigenvalue weighted by atomic mass is 10.1. The number of halogens is 1. The van der Waals surface area contributed by atoms with Crippen LogP contribution in [0.3, 0.4) is 0 Å².